The van der Waals surface area contributed by atoms with E-state index < -0.39 is 0 Å². The Balaban J connectivity index is 2.60. The average Bonchev–Trinajstić information content (AvgIpc) is 2.38. The molecule has 0 saturated heterocycles. The maximum atomic E-state index is 5.80. The Kier molecular flexibility index (Phi) is 4.19. The van der Waals surface area contributed by atoms with E-state index in [-0.39, 0.29) is 0 Å². The van der Waals surface area contributed by atoms with Crippen molar-refractivity contribution in [3.8, 4) is 17.0 Å². The van der Waals surface area contributed by atoms with Crippen LogP contribution in [0.5, 0.6) is 5.75 Å². The van der Waals surface area contributed by atoms with Gasteiger partial charge in [0, 0.05) is 15.7 Å². The first-order chi connectivity index (χ1) is 8.63. The summed E-state index contributed by atoms with van der Waals surface area (Å²) in [5.74, 6) is 1.69. The highest BCUT2D eigenvalue weighted by molar-refractivity contribution is 9.10. The van der Waals surface area contributed by atoms with Gasteiger partial charge in [-0.25, -0.2) is 9.97 Å². The van der Waals surface area contributed by atoms with E-state index in [2.05, 4.69) is 25.9 Å². The molecule has 2 aromatic rings. The summed E-state index contributed by atoms with van der Waals surface area (Å²) in [6, 6.07) is 7.72. The Hall–Kier alpha value is -1.13. The Labute approximate surface area is 119 Å². The Morgan fingerprint density at radius 3 is 2.72 bits per heavy atom. The molecular formula is C13H12BrClN2O. The van der Waals surface area contributed by atoms with Crippen molar-refractivity contribution in [2.24, 2.45) is 0 Å². The van der Waals surface area contributed by atoms with Crippen LogP contribution in [0.3, 0.4) is 0 Å². The molecule has 0 saturated carbocycles. The maximum Gasteiger partial charge on any atom is 0.143 e. The van der Waals surface area contributed by atoms with Gasteiger partial charge in [0.25, 0.3) is 0 Å². The summed E-state index contributed by atoms with van der Waals surface area (Å²) >= 11 is 9.25. The number of hydrogen-bond acceptors (Lipinski definition) is 3. The minimum absolute atomic E-state index is 0.297. The number of ether oxygens (including phenoxy) is 1. The van der Waals surface area contributed by atoms with Crippen molar-refractivity contribution in [2.45, 2.75) is 12.8 Å². The molecule has 0 aliphatic heterocycles. The van der Waals surface area contributed by atoms with Crippen LogP contribution in [0.1, 0.15) is 11.5 Å². The summed E-state index contributed by atoms with van der Waals surface area (Å²) in [5, 5.41) is 0. The lowest BCUT2D eigenvalue weighted by Crippen LogP contribution is -1.98. The zero-order valence-electron chi connectivity index (χ0n) is 10.1. The Morgan fingerprint density at radius 2 is 2.06 bits per heavy atom. The molecular weight excluding hydrogens is 316 g/mol. The highest BCUT2D eigenvalue weighted by Gasteiger charge is 2.10. The lowest BCUT2D eigenvalue weighted by molar-refractivity contribution is 0.416. The van der Waals surface area contributed by atoms with Crippen LogP contribution in [0.2, 0.25) is 0 Å². The maximum absolute atomic E-state index is 5.80. The van der Waals surface area contributed by atoms with E-state index in [1.54, 1.807) is 7.11 Å². The zero-order chi connectivity index (χ0) is 13.1. The van der Waals surface area contributed by atoms with E-state index in [1.165, 1.54) is 0 Å². The molecule has 0 fully saturated rings. The number of benzene rings is 1. The molecule has 5 heteroatoms. The van der Waals surface area contributed by atoms with E-state index in [9.17, 15) is 0 Å². The second-order valence-corrected chi connectivity index (χ2v) is 4.97. The number of aromatic nitrogens is 2. The molecule has 1 aromatic carbocycles. The van der Waals surface area contributed by atoms with Crippen LogP contribution in [-0.4, -0.2) is 17.1 Å². The van der Waals surface area contributed by atoms with E-state index in [0.29, 0.717) is 11.7 Å². The third kappa shape index (κ3) is 2.82. The van der Waals surface area contributed by atoms with Gasteiger partial charge in [0.1, 0.15) is 11.6 Å². The van der Waals surface area contributed by atoms with Gasteiger partial charge in [-0.3, -0.25) is 0 Å². The fourth-order valence-corrected chi connectivity index (χ4v) is 2.19. The number of alkyl halides is 1. The minimum atomic E-state index is 0.297. The van der Waals surface area contributed by atoms with E-state index in [0.717, 1.165) is 27.2 Å². The van der Waals surface area contributed by atoms with Crippen molar-refractivity contribution >= 4 is 27.5 Å². The van der Waals surface area contributed by atoms with Crippen molar-refractivity contribution < 1.29 is 4.74 Å². The van der Waals surface area contributed by atoms with Gasteiger partial charge in [0.2, 0.25) is 0 Å². The van der Waals surface area contributed by atoms with Crippen molar-refractivity contribution in [1.29, 1.82) is 0 Å². The lowest BCUT2D eigenvalue weighted by Gasteiger charge is -2.10. The SMILES string of the molecule is COc1ccc(Br)cc1-c1cc(C)nc(CCl)n1. The average molecular weight is 328 g/mol. The summed E-state index contributed by atoms with van der Waals surface area (Å²) in [5.41, 5.74) is 2.62. The molecule has 3 nitrogen and oxygen atoms in total. The Bertz CT molecular complexity index is 575. The largest absolute Gasteiger partial charge is 0.496 e. The lowest BCUT2D eigenvalue weighted by atomic mass is 10.1. The second-order valence-electron chi connectivity index (χ2n) is 3.79. The standard InChI is InChI=1S/C13H12BrClN2O/c1-8-5-11(17-13(7-15)16-8)10-6-9(14)3-4-12(10)18-2/h3-6H,7H2,1-2H3. The summed E-state index contributed by atoms with van der Waals surface area (Å²) in [7, 11) is 1.64. The van der Waals surface area contributed by atoms with Crippen LogP contribution >= 0.6 is 27.5 Å². The van der Waals surface area contributed by atoms with E-state index >= 15 is 0 Å². The smallest absolute Gasteiger partial charge is 0.143 e. The molecule has 0 bridgehead atoms. The first-order valence-corrected chi connectivity index (χ1v) is 6.71. The number of rotatable bonds is 3. The third-order valence-corrected chi connectivity index (χ3v) is 3.19. The predicted molar refractivity (Wildman–Crippen MR) is 76.0 cm³/mol. The molecule has 0 amide bonds. The van der Waals surface area contributed by atoms with Crippen LogP contribution in [0.15, 0.2) is 28.7 Å². The number of nitrogens with zero attached hydrogens (tertiary/aromatic N) is 2. The molecule has 2 rings (SSSR count). The first kappa shape index (κ1) is 13.3. The molecule has 0 spiro atoms. The van der Waals surface area contributed by atoms with Gasteiger partial charge in [-0.1, -0.05) is 15.9 Å². The van der Waals surface area contributed by atoms with Crippen LogP contribution in [0.4, 0.5) is 0 Å². The Morgan fingerprint density at radius 1 is 1.28 bits per heavy atom. The summed E-state index contributed by atoms with van der Waals surface area (Å²) in [6.45, 7) is 1.92. The van der Waals surface area contributed by atoms with Crippen molar-refractivity contribution in [3.63, 3.8) is 0 Å². The summed E-state index contributed by atoms with van der Waals surface area (Å²) < 4.78 is 6.33. The van der Waals surface area contributed by atoms with E-state index in [4.69, 9.17) is 16.3 Å². The topological polar surface area (TPSA) is 35.0 Å². The second kappa shape index (κ2) is 5.67. The van der Waals surface area contributed by atoms with Gasteiger partial charge in [-0.05, 0) is 31.2 Å². The number of methoxy groups -OCH3 is 1. The van der Waals surface area contributed by atoms with Gasteiger partial charge in [0.15, 0.2) is 0 Å². The summed E-state index contributed by atoms with van der Waals surface area (Å²) in [4.78, 5) is 8.69. The molecule has 18 heavy (non-hydrogen) atoms. The molecule has 0 atom stereocenters. The minimum Gasteiger partial charge on any atom is -0.496 e. The molecule has 0 radical (unpaired) electrons. The van der Waals surface area contributed by atoms with Gasteiger partial charge >= 0.3 is 0 Å². The van der Waals surface area contributed by atoms with Gasteiger partial charge in [-0.2, -0.15) is 0 Å². The molecule has 94 valence electrons. The number of hydrogen-bond donors (Lipinski definition) is 0. The van der Waals surface area contributed by atoms with Crippen molar-refractivity contribution in [1.82, 2.24) is 9.97 Å². The highest BCUT2D eigenvalue weighted by atomic mass is 79.9. The number of aryl methyl sites for hydroxylation is 1. The molecule has 1 heterocycles. The fraction of sp³-hybridized carbons (Fsp3) is 0.231. The number of halogens is 2. The van der Waals surface area contributed by atoms with Gasteiger partial charge < -0.3 is 4.74 Å². The first-order valence-electron chi connectivity index (χ1n) is 5.38. The molecule has 0 aliphatic carbocycles. The molecule has 0 aliphatic rings. The van der Waals surface area contributed by atoms with Gasteiger partial charge in [-0.15, -0.1) is 11.6 Å². The molecule has 0 unspecified atom stereocenters. The fourth-order valence-electron chi connectivity index (χ4n) is 1.71. The van der Waals surface area contributed by atoms with Crippen LogP contribution < -0.4 is 4.74 Å². The quantitative estimate of drug-likeness (QED) is 0.800. The van der Waals surface area contributed by atoms with Crippen LogP contribution in [0.25, 0.3) is 11.3 Å². The molecule has 0 N–H and O–H groups in total. The van der Waals surface area contributed by atoms with Crippen LogP contribution in [-0.2, 0) is 5.88 Å². The van der Waals surface area contributed by atoms with Crippen molar-refractivity contribution in [3.05, 3.63) is 40.3 Å². The molecule has 1 aromatic heterocycles. The highest BCUT2D eigenvalue weighted by Crippen LogP contribution is 2.31. The zero-order valence-corrected chi connectivity index (χ0v) is 12.4. The normalized spacial score (nSPS) is 10.4. The van der Waals surface area contributed by atoms with E-state index in [1.807, 2.05) is 31.2 Å². The van der Waals surface area contributed by atoms with Crippen molar-refractivity contribution in [2.75, 3.05) is 7.11 Å². The van der Waals surface area contributed by atoms with Gasteiger partial charge in [0.05, 0.1) is 18.7 Å². The monoisotopic (exact) mass is 326 g/mol. The predicted octanol–water partition coefficient (Wildman–Crippen LogP) is 3.96. The summed E-state index contributed by atoms with van der Waals surface area (Å²) in [6.07, 6.45) is 0. The van der Waals surface area contributed by atoms with Crippen LogP contribution in [0, 0.1) is 6.92 Å². The third-order valence-electron chi connectivity index (χ3n) is 2.46.